The van der Waals surface area contributed by atoms with E-state index in [0.29, 0.717) is 0 Å². The van der Waals surface area contributed by atoms with Crippen LogP contribution in [0.3, 0.4) is 0 Å². The molecule has 0 fully saturated rings. The van der Waals surface area contributed by atoms with E-state index < -0.39 is 5.41 Å². The minimum Gasteiger partial charge on any atom is -0.308 e. The van der Waals surface area contributed by atoms with Gasteiger partial charge in [-0.05, 0) is 136 Å². The molecule has 2 nitrogen and oxygen atoms in total. The Morgan fingerprint density at radius 3 is 1.33 bits per heavy atom. The Balaban J connectivity index is 1.11. The molecule has 0 saturated heterocycles. The Bertz CT molecular complexity index is 4370. The van der Waals surface area contributed by atoms with Crippen LogP contribution in [0, 0.1) is 0 Å². The number of rotatable bonds is 4. The third-order valence-corrected chi connectivity index (χ3v) is 17.0. The first kappa shape index (κ1) is 39.8. The lowest BCUT2D eigenvalue weighted by molar-refractivity contribution is 0.660. The molecule has 0 radical (unpaired) electrons. The molecule has 72 heavy (non-hydrogen) atoms. The Labute approximate surface area is 418 Å². The van der Waals surface area contributed by atoms with Crippen LogP contribution in [-0.4, -0.2) is 4.57 Å². The van der Waals surface area contributed by atoms with E-state index in [9.17, 15) is 0 Å². The lowest BCUT2D eigenvalue weighted by Crippen LogP contribution is -2.26. The number of nitrogens with zero attached hydrogens (tertiary/aromatic N) is 2. The molecule has 0 amide bonds. The smallest absolute Gasteiger partial charge is 0.0726 e. The highest BCUT2D eigenvalue weighted by Crippen LogP contribution is 2.65. The van der Waals surface area contributed by atoms with Gasteiger partial charge >= 0.3 is 0 Å². The fourth-order valence-electron chi connectivity index (χ4n) is 14.0. The lowest BCUT2D eigenvalue weighted by atomic mass is 9.70. The zero-order valence-electron chi connectivity index (χ0n) is 40.0. The van der Waals surface area contributed by atoms with Gasteiger partial charge in [0.05, 0.1) is 33.5 Å². The molecule has 0 saturated carbocycles. The zero-order valence-corrected chi connectivity index (χ0v) is 40.0. The Hall–Kier alpha value is -8.98. The van der Waals surface area contributed by atoms with Crippen LogP contribution < -0.4 is 4.90 Å². The van der Waals surface area contributed by atoms with Crippen molar-refractivity contribution in [3.63, 3.8) is 0 Å². The fourth-order valence-corrected chi connectivity index (χ4v) is 14.0. The highest BCUT2D eigenvalue weighted by atomic mass is 15.2. The second-order valence-corrected chi connectivity index (χ2v) is 20.7. The number of hydrogen-bond donors (Lipinski definition) is 0. The van der Waals surface area contributed by atoms with Crippen molar-refractivity contribution in [1.82, 2.24) is 4.57 Å². The van der Waals surface area contributed by atoms with Crippen molar-refractivity contribution in [2.75, 3.05) is 4.90 Å². The Morgan fingerprint density at radius 2 is 0.750 bits per heavy atom. The number of para-hydroxylation sites is 2. The molecule has 2 heteroatoms. The average Bonchev–Trinajstić information content (AvgIpc) is 4.11. The largest absolute Gasteiger partial charge is 0.308 e. The highest BCUT2D eigenvalue weighted by molar-refractivity contribution is 6.26. The topological polar surface area (TPSA) is 8.17 Å². The first-order valence-corrected chi connectivity index (χ1v) is 25.3. The van der Waals surface area contributed by atoms with Gasteiger partial charge in [-0.3, -0.25) is 0 Å². The maximum absolute atomic E-state index is 2.64. The zero-order chi connectivity index (χ0) is 47.5. The molecule has 12 aromatic carbocycles. The van der Waals surface area contributed by atoms with Crippen molar-refractivity contribution in [2.24, 2.45) is 0 Å². The summed E-state index contributed by atoms with van der Waals surface area (Å²) in [6.45, 7) is 4.79. The molecule has 0 unspecified atom stereocenters. The van der Waals surface area contributed by atoms with Crippen molar-refractivity contribution >= 4 is 71.2 Å². The van der Waals surface area contributed by atoms with Gasteiger partial charge in [0.2, 0.25) is 0 Å². The second-order valence-electron chi connectivity index (χ2n) is 20.7. The van der Waals surface area contributed by atoms with E-state index in [1.54, 1.807) is 0 Å². The van der Waals surface area contributed by atoms with Gasteiger partial charge in [0.25, 0.3) is 0 Å². The molecule has 0 atom stereocenters. The summed E-state index contributed by atoms with van der Waals surface area (Å²) in [6.07, 6.45) is 0. The molecule has 336 valence electrons. The van der Waals surface area contributed by atoms with Crippen LogP contribution in [0.25, 0.3) is 93.2 Å². The minimum absolute atomic E-state index is 0.206. The van der Waals surface area contributed by atoms with Gasteiger partial charge in [-0.15, -0.1) is 0 Å². The van der Waals surface area contributed by atoms with Gasteiger partial charge in [-0.2, -0.15) is 0 Å². The number of fused-ring (bicyclic) bond motifs is 22. The molecular formula is C70H46N2. The summed E-state index contributed by atoms with van der Waals surface area (Å²) >= 11 is 0. The SMILES string of the molecule is CC1(C)c2ccccc2-c2c(N(c3ccc4c5ccccc5c5ccccc5c4c3)c3cc4c(cc3-n3c5ccccc5c5ccccc53)-c3ccccc3C43c4ccccc4-c4ccccc43)cccc21. The molecule has 1 heterocycles. The second kappa shape index (κ2) is 14.3. The summed E-state index contributed by atoms with van der Waals surface area (Å²) in [4.78, 5) is 2.64. The first-order valence-electron chi connectivity index (χ1n) is 25.3. The standard InChI is InChI=1S/C70H46N2/c1-69(2)57-30-13-10-29-54(57)68-61(69)34-19-37-65(68)71(43-38-39-48-46-22-4-3-20-44(46)45-21-5-6-23-47(45)55(48)40-43)67-42-62-56(41-66(67)72-63-35-17-11-27-52(63)53-28-12-18-36-64(53)72)51-26-9-16-33-60(51)70(62)58-31-14-7-24-49(58)50-25-8-15-32-59(50)70/h3-42H,1-2H3. The van der Waals surface area contributed by atoms with Crippen LogP contribution in [0.1, 0.15) is 47.2 Å². The van der Waals surface area contributed by atoms with Gasteiger partial charge in [0.1, 0.15) is 0 Å². The maximum atomic E-state index is 2.64. The summed E-state index contributed by atoms with van der Waals surface area (Å²) in [6, 6.07) is 92.0. The summed E-state index contributed by atoms with van der Waals surface area (Å²) in [5.74, 6) is 0. The monoisotopic (exact) mass is 914 g/mol. The molecule has 1 aromatic heterocycles. The van der Waals surface area contributed by atoms with Crippen LogP contribution in [0.2, 0.25) is 0 Å². The van der Waals surface area contributed by atoms with E-state index in [-0.39, 0.29) is 5.41 Å². The number of benzene rings is 12. The van der Waals surface area contributed by atoms with E-state index in [2.05, 4.69) is 266 Å². The summed E-state index contributed by atoms with van der Waals surface area (Å²) in [5.41, 5.74) is 21.8. The minimum atomic E-state index is -0.551. The van der Waals surface area contributed by atoms with Crippen molar-refractivity contribution in [3.8, 4) is 39.1 Å². The molecule has 3 aliphatic carbocycles. The Kier molecular flexibility index (Phi) is 7.92. The van der Waals surface area contributed by atoms with Crippen molar-refractivity contribution in [1.29, 1.82) is 0 Å². The van der Waals surface area contributed by atoms with Crippen LogP contribution in [0.5, 0.6) is 0 Å². The molecule has 1 spiro atoms. The van der Waals surface area contributed by atoms with Gasteiger partial charge in [-0.1, -0.05) is 214 Å². The molecule has 0 N–H and O–H groups in total. The fraction of sp³-hybridized carbons (Fsp3) is 0.0571. The molecular weight excluding hydrogens is 869 g/mol. The Morgan fingerprint density at radius 1 is 0.306 bits per heavy atom. The third kappa shape index (κ3) is 4.98. The van der Waals surface area contributed by atoms with Crippen molar-refractivity contribution in [2.45, 2.75) is 24.7 Å². The normalized spacial score (nSPS) is 14.2. The number of anilines is 3. The molecule has 0 bridgehead atoms. The highest BCUT2D eigenvalue weighted by Gasteiger charge is 2.52. The van der Waals surface area contributed by atoms with Crippen molar-refractivity contribution < 1.29 is 0 Å². The average molecular weight is 915 g/mol. The van der Waals surface area contributed by atoms with Crippen LogP contribution in [0.15, 0.2) is 243 Å². The summed E-state index contributed by atoms with van der Waals surface area (Å²) in [5, 5.41) is 10.0. The first-order chi connectivity index (χ1) is 35.5. The molecule has 3 aliphatic rings. The van der Waals surface area contributed by atoms with E-state index in [0.717, 1.165) is 22.7 Å². The predicted molar refractivity (Wildman–Crippen MR) is 302 cm³/mol. The summed E-state index contributed by atoms with van der Waals surface area (Å²) < 4.78 is 2.56. The van der Waals surface area contributed by atoms with Crippen LogP contribution in [0.4, 0.5) is 17.1 Å². The van der Waals surface area contributed by atoms with Gasteiger partial charge in [0, 0.05) is 27.4 Å². The quantitative estimate of drug-likeness (QED) is 0.160. The van der Waals surface area contributed by atoms with Gasteiger partial charge < -0.3 is 9.47 Å². The van der Waals surface area contributed by atoms with Gasteiger partial charge in [-0.25, -0.2) is 0 Å². The third-order valence-electron chi connectivity index (χ3n) is 17.0. The predicted octanol–water partition coefficient (Wildman–Crippen LogP) is 18.4. The molecule has 0 aliphatic heterocycles. The molecule has 13 aromatic rings. The van der Waals surface area contributed by atoms with Crippen molar-refractivity contribution in [3.05, 3.63) is 276 Å². The maximum Gasteiger partial charge on any atom is 0.0726 e. The molecule has 16 rings (SSSR count). The lowest BCUT2D eigenvalue weighted by Gasteiger charge is -2.34. The number of aromatic nitrogens is 1. The van der Waals surface area contributed by atoms with E-state index in [1.807, 2.05) is 0 Å². The van der Waals surface area contributed by atoms with E-state index >= 15 is 0 Å². The van der Waals surface area contributed by atoms with Gasteiger partial charge in [0.15, 0.2) is 0 Å². The van der Waals surface area contributed by atoms with Crippen LogP contribution in [-0.2, 0) is 10.8 Å². The van der Waals surface area contributed by atoms with E-state index in [1.165, 1.54) is 121 Å². The number of hydrogen-bond acceptors (Lipinski definition) is 1. The van der Waals surface area contributed by atoms with E-state index in [4.69, 9.17) is 0 Å². The summed E-state index contributed by atoms with van der Waals surface area (Å²) in [7, 11) is 0. The van der Waals surface area contributed by atoms with Crippen LogP contribution >= 0.6 is 0 Å².